The maximum atomic E-state index is 11.8. The molecule has 1 fully saturated rings. The van der Waals surface area contributed by atoms with E-state index in [-0.39, 0.29) is 6.03 Å². The van der Waals surface area contributed by atoms with Crippen molar-refractivity contribution in [1.82, 2.24) is 5.32 Å². The highest BCUT2D eigenvalue weighted by Crippen LogP contribution is 2.26. The number of ether oxygens (including phenoxy) is 1. The average Bonchev–Trinajstić information content (AvgIpc) is 2.53. The highest BCUT2D eigenvalue weighted by Gasteiger charge is 2.19. The van der Waals surface area contributed by atoms with Gasteiger partial charge in [-0.2, -0.15) is 0 Å². The highest BCUT2D eigenvalue weighted by atomic mass is 16.5. The molecular weight excluding hydrogens is 304 g/mol. The predicted molar refractivity (Wildman–Crippen MR) is 96.0 cm³/mol. The summed E-state index contributed by atoms with van der Waals surface area (Å²) in [4.78, 5) is 11.8. The van der Waals surface area contributed by atoms with Crippen molar-refractivity contribution in [2.24, 2.45) is 5.92 Å². The van der Waals surface area contributed by atoms with Crippen LogP contribution in [0.4, 0.5) is 10.5 Å². The largest absolute Gasteiger partial charge is 0.393 e. The van der Waals surface area contributed by atoms with Crippen molar-refractivity contribution in [2.75, 3.05) is 11.9 Å². The Bertz CT molecular complexity index is 519. The third kappa shape index (κ3) is 6.89. The first-order valence-corrected chi connectivity index (χ1v) is 8.96. The van der Waals surface area contributed by atoms with Crippen molar-refractivity contribution >= 4 is 11.7 Å². The van der Waals surface area contributed by atoms with Crippen molar-refractivity contribution in [3.63, 3.8) is 0 Å². The zero-order valence-electron chi connectivity index (χ0n) is 14.8. The van der Waals surface area contributed by atoms with Crippen LogP contribution < -0.4 is 10.6 Å². The number of aliphatic hydroxyl groups excluding tert-OH is 1. The molecule has 134 valence electrons. The second-order valence-corrected chi connectivity index (χ2v) is 6.92. The van der Waals surface area contributed by atoms with Gasteiger partial charge < -0.3 is 20.5 Å². The van der Waals surface area contributed by atoms with Gasteiger partial charge in [0.05, 0.1) is 18.8 Å². The average molecular weight is 334 g/mol. The van der Waals surface area contributed by atoms with E-state index in [0.29, 0.717) is 25.7 Å². The number of amides is 2. The van der Waals surface area contributed by atoms with Gasteiger partial charge in [0.1, 0.15) is 0 Å². The molecule has 0 spiro atoms. The smallest absolute Gasteiger partial charge is 0.319 e. The fourth-order valence-electron chi connectivity index (χ4n) is 3.05. The first-order chi connectivity index (χ1) is 11.5. The molecule has 1 aliphatic carbocycles. The molecule has 3 unspecified atom stereocenters. The van der Waals surface area contributed by atoms with Gasteiger partial charge in [-0.25, -0.2) is 4.79 Å². The second kappa shape index (κ2) is 9.64. The summed E-state index contributed by atoms with van der Waals surface area (Å²) < 4.78 is 6.03. The Morgan fingerprint density at radius 1 is 1.42 bits per heavy atom. The number of hydrogen-bond acceptors (Lipinski definition) is 3. The zero-order valence-corrected chi connectivity index (χ0v) is 14.8. The highest BCUT2D eigenvalue weighted by molar-refractivity contribution is 5.89. The van der Waals surface area contributed by atoms with E-state index in [9.17, 15) is 9.90 Å². The van der Waals surface area contributed by atoms with E-state index in [1.54, 1.807) is 6.92 Å². The minimum Gasteiger partial charge on any atom is -0.393 e. The number of carbonyl (C=O) groups is 1. The molecule has 3 N–H and O–H groups in total. The van der Waals surface area contributed by atoms with Gasteiger partial charge in [0, 0.05) is 12.2 Å². The molecule has 1 aromatic carbocycles. The fraction of sp³-hybridized carbons (Fsp3) is 0.632. The third-order valence-electron chi connectivity index (χ3n) is 4.41. The number of aliphatic hydroxyl groups is 1. The van der Waals surface area contributed by atoms with Crippen LogP contribution in [0.15, 0.2) is 24.3 Å². The van der Waals surface area contributed by atoms with Crippen molar-refractivity contribution < 1.29 is 14.6 Å². The van der Waals surface area contributed by atoms with Crippen LogP contribution in [0.2, 0.25) is 0 Å². The molecule has 5 nitrogen and oxygen atoms in total. The van der Waals surface area contributed by atoms with Crippen molar-refractivity contribution in [3.05, 3.63) is 29.8 Å². The maximum absolute atomic E-state index is 11.8. The molecule has 0 radical (unpaired) electrons. The number of hydrogen-bond donors (Lipinski definition) is 3. The number of rotatable bonds is 7. The molecule has 0 aromatic heterocycles. The quantitative estimate of drug-likeness (QED) is 0.712. The molecule has 1 aromatic rings. The normalized spacial score (nSPS) is 22.0. The van der Waals surface area contributed by atoms with E-state index in [0.717, 1.165) is 30.0 Å². The van der Waals surface area contributed by atoms with E-state index >= 15 is 0 Å². The topological polar surface area (TPSA) is 70.6 Å². The Labute approximate surface area is 144 Å². The summed E-state index contributed by atoms with van der Waals surface area (Å²) in [5, 5.41) is 14.7. The zero-order chi connectivity index (χ0) is 17.4. The predicted octanol–water partition coefficient (Wildman–Crippen LogP) is 3.67. The lowest BCUT2D eigenvalue weighted by Crippen LogP contribution is -2.30. The van der Waals surface area contributed by atoms with Crippen LogP contribution in [-0.2, 0) is 11.3 Å². The standard InChI is InChI=1S/C19H30N2O3/c1-14-5-3-8-18(11-14)24-13-16-6-4-7-17(12-16)21-19(23)20-10-9-15(2)22/h4,6-7,12,14-15,18,22H,3,5,8-11,13H2,1-2H3,(H2,20,21,23). The Balaban J connectivity index is 1.77. The van der Waals surface area contributed by atoms with Crippen LogP contribution in [0.25, 0.3) is 0 Å². The Kier molecular flexibility index (Phi) is 7.53. The molecule has 0 aliphatic heterocycles. The lowest BCUT2D eigenvalue weighted by Gasteiger charge is -2.26. The molecule has 2 amide bonds. The second-order valence-electron chi connectivity index (χ2n) is 6.92. The first kappa shape index (κ1) is 18.7. The summed E-state index contributed by atoms with van der Waals surface area (Å²) >= 11 is 0. The molecule has 2 rings (SSSR count). The number of nitrogens with one attached hydrogen (secondary N) is 2. The van der Waals surface area contributed by atoms with E-state index in [2.05, 4.69) is 17.6 Å². The van der Waals surface area contributed by atoms with Gasteiger partial charge in [0.2, 0.25) is 0 Å². The van der Waals surface area contributed by atoms with Crippen LogP contribution in [-0.4, -0.2) is 29.9 Å². The van der Waals surface area contributed by atoms with Gasteiger partial charge in [-0.15, -0.1) is 0 Å². The van der Waals surface area contributed by atoms with E-state index in [1.165, 1.54) is 12.8 Å². The summed E-state index contributed by atoms with van der Waals surface area (Å²) in [7, 11) is 0. The molecule has 24 heavy (non-hydrogen) atoms. The van der Waals surface area contributed by atoms with Crippen LogP contribution in [0.5, 0.6) is 0 Å². The lowest BCUT2D eigenvalue weighted by molar-refractivity contribution is 0.00468. The summed E-state index contributed by atoms with van der Waals surface area (Å²) in [5.41, 5.74) is 1.82. The summed E-state index contributed by atoms with van der Waals surface area (Å²) in [5.74, 6) is 0.752. The van der Waals surface area contributed by atoms with Gasteiger partial charge in [-0.05, 0) is 49.8 Å². The monoisotopic (exact) mass is 334 g/mol. The number of urea groups is 1. The molecular formula is C19H30N2O3. The van der Waals surface area contributed by atoms with E-state index < -0.39 is 6.10 Å². The number of benzene rings is 1. The van der Waals surface area contributed by atoms with Crippen molar-refractivity contribution in [1.29, 1.82) is 0 Å². The van der Waals surface area contributed by atoms with Crippen LogP contribution in [0.3, 0.4) is 0 Å². The van der Waals surface area contributed by atoms with Crippen molar-refractivity contribution in [3.8, 4) is 0 Å². The van der Waals surface area contributed by atoms with Crippen LogP contribution >= 0.6 is 0 Å². The lowest BCUT2D eigenvalue weighted by atomic mass is 9.89. The molecule has 3 atom stereocenters. The molecule has 5 heteroatoms. The van der Waals surface area contributed by atoms with Gasteiger partial charge in [-0.1, -0.05) is 31.9 Å². The van der Waals surface area contributed by atoms with Crippen molar-refractivity contribution in [2.45, 2.75) is 64.8 Å². The van der Waals surface area contributed by atoms with Gasteiger partial charge >= 0.3 is 6.03 Å². The molecule has 0 bridgehead atoms. The Morgan fingerprint density at radius 3 is 3.00 bits per heavy atom. The molecule has 1 aliphatic rings. The summed E-state index contributed by atoms with van der Waals surface area (Å²) in [6.45, 7) is 5.02. The SMILES string of the molecule is CC(O)CCNC(=O)Nc1cccc(COC2CCCC(C)C2)c1. The fourth-order valence-corrected chi connectivity index (χ4v) is 3.05. The Hall–Kier alpha value is -1.59. The molecule has 0 saturated heterocycles. The van der Waals surface area contributed by atoms with Gasteiger partial charge in [-0.3, -0.25) is 0 Å². The summed E-state index contributed by atoms with van der Waals surface area (Å²) in [6, 6.07) is 7.49. The minimum absolute atomic E-state index is 0.255. The first-order valence-electron chi connectivity index (χ1n) is 8.96. The minimum atomic E-state index is -0.409. The van der Waals surface area contributed by atoms with Gasteiger partial charge in [0.25, 0.3) is 0 Å². The van der Waals surface area contributed by atoms with Crippen LogP contribution in [0.1, 0.15) is 51.5 Å². The summed E-state index contributed by atoms with van der Waals surface area (Å²) in [6.07, 6.45) is 5.34. The van der Waals surface area contributed by atoms with Crippen LogP contribution in [0, 0.1) is 5.92 Å². The molecule has 1 saturated carbocycles. The van der Waals surface area contributed by atoms with Gasteiger partial charge in [0.15, 0.2) is 0 Å². The molecule has 0 heterocycles. The number of anilines is 1. The number of carbonyl (C=O) groups excluding carboxylic acids is 1. The maximum Gasteiger partial charge on any atom is 0.319 e. The third-order valence-corrected chi connectivity index (χ3v) is 4.41. The van der Waals surface area contributed by atoms with E-state index in [1.807, 2.05) is 24.3 Å². The van der Waals surface area contributed by atoms with E-state index in [4.69, 9.17) is 4.74 Å². The Morgan fingerprint density at radius 2 is 2.25 bits per heavy atom.